The Balaban J connectivity index is 3.83. The van der Waals surface area contributed by atoms with Crippen molar-refractivity contribution >= 4 is 11.8 Å². The Kier molecular flexibility index (Phi) is 4.24. The highest BCUT2D eigenvalue weighted by Crippen LogP contribution is 1.84. The van der Waals surface area contributed by atoms with Gasteiger partial charge in [-0.05, 0) is 0 Å². The van der Waals surface area contributed by atoms with Gasteiger partial charge in [-0.3, -0.25) is 9.59 Å². The third-order valence-electron chi connectivity index (χ3n) is 1.00. The lowest BCUT2D eigenvalue weighted by atomic mass is 10.4. The van der Waals surface area contributed by atoms with Crippen molar-refractivity contribution in [1.82, 2.24) is 10.6 Å². The van der Waals surface area contributed by atoms with Gasteiger partial charge in [0.05, 0.1) is 0 Å². The van der Waals surface area contributed by atoms with Gasteiger partial charge in [0.15, 0.2) is 12.5 Å². The molecule has 0 aromatic rings. The standard InChI is InChI=1S/C6H12N2O4/c1-3(9)7-5(11)6(12)8-4(2)10/h5-6,11-12H,1-2H3,(H,7,9)(H,8,10). The molecule has 2 unspecified atom stereocenters. The highest BCUT2D eigenvalue weighted by atomic mass is 16.4. The maximum atomic E-state index is 10.3. The number of rotatable bonds is 3. The summed E-state index contributed by atoms with van der Waals surface area (Å²) < 4.78 is 0. The predicted molar refractivity (Wildman–Crippen MR) is 39.6 cm³/mol. The number of aliphatic hydroxyl groups is 2. The summed E-state index contributed by atoms with van der Waals surface area (Å²) in [4.78, 5) is 20.7. The Morgan fingerprint density at radius 1 is 1.00 bits per heavy atom. The number of hydrogen-bond acceptors (Lipinski definition) is 4. The summed E-state index contributed by atoms with van der Waals surface area (Å²) in [5.41, 5.74) is 0. The predicted octanol–water partition coefficient (Wildman–Crippen LogP) is -2.10. The van der Waals surface area contributed by atoms with Gasteiger partial charge in [-0.2, -0.15) is 0 Å². The van der Waals surface area contributed by atoms with Gasteiger partial charge in [-0.25, -0.2) is 0 Å². The molecule has 2 atom stereocenters. The summed E-state index contributed by atoms with van der Waals surface area (Å²) in [6.45, 7) is 2.37. The Morgan fingerprint density at radius 3 is 1.42 bits per heavy atom. The fraction of sp³-hybridized carbons (Fsp3) is 0.667. The molecule has 0 saturated heterocycles. The molecule has 0 heterocycles. The van der Waals surface area contributed by atoms with Crippen LogP contribution in [0, 0.1) is 0 Å². The summed E-state index contributed by atoms with van der Waals surface area (Å²) >= 11 is 0. The number of carbonyl (C=O) groups excluding carboxylic acids is 2. The molecule has 12 heavy (non-hydrogen) atoms. The van der Waals surface area contributed by atoms with E-state index in [2.05, 4.69) is 0 Å². The maximum Gasteiger partial charge on any atom is 0.218 e. The van der Waals surface area contributed by atoms with Gasteiger partial charge in [0, 0.05) is 13.8 Å². The molecule has 0 aromatic heterocycles. The minimum atomic E-state index is -1.48. The number of carbonyl (C=O) groups is 2. The SMILES string of the molecule is CC(=O)NC(O)C(O)NC(C)=O. The van der Waals surface area contributed by atoms with E-state index in [0.717, 1.165) is 0 Å². The van der Waals surface area contributed by atoms with Gasteiger partial charge < -0.3 is 20.8 Å². The van der Waals surface area contributed by atoms with E-state index in [9.17, 15) is 9.59 Å². The summed E-state index contributed by atoms with van der Waals surface area (Å²) in [6.07, 6.45) is -2.96. The smallest absolute Gasteiger partial charge is 0.218 e. The molecule has 0 saturated carbocycles. The zero-order valence-electron chi connectivity index (χ0n) is 6.87. The van der Waals surface area contributed by atoms with Gasteiger partial charge in [-0.15, -0.1) is 0 Å². The molecule has 0 aromatic carbocycles. The molecule has 0 radical (unpaired) electrons. The normalized spacial score (nSPS) is 14.7. The van der Waals surface area contributed by atoms with Crippen molar-refractivity contribution in [1.29, 1.82) is 0 Å². The van der Waals surface area contributed by atoms with E-state index in [0.29, 0.717) is 0 Å². The molecule has 0 fully saturated rings. The van der Waals surface area contributed by atoms with Crippen molar-refractivity contribution in [3.8, 4) is 0 Å². The van der Waals surface area contributed by atoms with Crippen LogP contribution < -0.4 is 10.6 Å². The zero-order chi connectivity index (χ0) is 9.72. The summed E-state index contributed by atoms with van der Waals surface area (Å²) in [5.74, 6) is -0.987. The third-order valence-corrected chi connectivity index (χ3v) is 1.00. The van der Waals surface area contributed by atoms with Gasteiger partial charge in [0.25, 0.3) is 0 Å². The number of nitrogens with one attached hydrogen (secondary N) is 2. The number of aliphatic hydroxyl groups excluding tert-OH is 2. The van der Waals surface area contributed by atoms with Crippen LogP contribution in [-0.2, 0) is 9.59 Å². The quantitative estimate of drug-likeness (QED) is 0.370. The Morgan fingerprint density at radius 2 is 1.25 bits per heavy atom. The monoisotopic (exact) mass is 176 g/mol. The highest BCUT2D eigenvalue weighted by molar-refractivity contribution is 5.74. The van der Waals surface area contributed by atoms with Crippen LogP contribution in [0.3, 0.4) is 0 Å². The van der Waals surface area contributed by atoms with Gasteiger partial charge in [-0.1, -0.05) is 0 Å². The van der Waals surface area contributed by atoms with Gasteiger partial charge in [0.2, 0.25) is 11.8 Å². The van der Waals surface area contributed by atoms with E-state index in [1.54, 1.807) is 0 Å². The topological polar surface area (TPSA) is 98.7 Å². The van der Waals surface area contributed by atoms with Crippen molar-refractivity contribution in [3.05, 3.63) is 0 Å². The molecule has 0 aliphatic rings. The van der Waals surface area contributed by atoms with Crippen LogP contribution in [0.2, 0.25) is 0 Å². The van der Waals surface area contributed by atoms with E-state index in [1.165, 1.54) is 13.8 Å². The molecular formula is C6H12N2O4. The molecular weight excluding hydrogens is 164 g/mol. The molecule has 0 aliphatic heterocycles. The molecule has 70 valence electrons. The first-order valence-corrected chi connectivity index (χ1v) is 3.34. The van der Waals surface area contributed by atoms with Crippen LogP contribution in [0.5, 0.6) is 0 Å². The van der Waals surface area contributed by atoms with Crippen LogP contribution in [0.15, 0.2) is 0 Å². The lowest BCUT2D eigenvalue weighted by molar-refractivity contribution is -0.131. The minimum absolute atomic E-state index is 0.494. The van der Waals surface area contributed by atoms with Crippen molar-refractivity contribution < 1.29 is 19.8 Å². The first-order chi connectivity index (χ1) is 5.43. The second-order valence-electron chi connectivity index (χ2n) is 2.29. The Bertz CT molecular complexity index is 162. The largest absolute Gasteiger partial charge is 0.369 e. The van der Waals surface area contributed by atoms with Crippen LogP contribution in [0.25, 0.3) is 0 Å². The first kappa shape index (κ1) is 10.9. The molecule has 2 amide bonds. The van der Waals surface area contributed by atoms with Crippen molar-refractivity contribution in [2.24, 2.45) is 0 Å². The van der Waals surface area contributed by atoms with Crippen molar-refractivity contribution in [2.45, 2.75) is 26.3 Å². The zero-order valence-corrected chi connectivity index (χ0v) is 6.87. The lowest BCUT2D eigenvalue weighted by Crippen LogP contribution is -2.50. The van der Waals surface area contributed by atoms with Gasteiger partial charge >= 0.3 is 0 Å². The Labute approximate surface area is 69.6 Å². The number of amides is 2. The average Bonchev–Trinajstić information content (AvgIpc) is 1.84. The van der Waals surface area contributed by atoms with Gasteiger partial charge in [0.1, 0.15) is 0 Å². The van der Waals surface area contributed by atoms with E-state index in [1.807, 2.05) is 10.6 Å². The molecule has 0 spiro atoms. The third kappa shape index (κ3) is 4.64. The second kappa shape index (κ2) is 4.68. The first-order valence-electron chi connectivity index (χ1n) is 3.34. The minimum Gasteiger partial charge on any atom is -0.369 e. The Hall–Kier alpha value is -1.14. The summed E-state index contributed by atoms with van der Waals surface area (Å²) in [7, 11) is 0. The fourth-order valence-corrected chi connectivity index (χ4v) is 0.574. The second-order valence-corrected chi connectivity index (χ2v) is 2.29. The average molecular weight is 176 g/mol. The summed E-state index contributed by atoms with van der Waals surface area (Å²) in [6, 6.07) is 0. The summed E-state index contributed by atoms with van der Waals surface area (Å²) in [5, 5.41) is 21.9. The molecule has 0 aliphatic carbocycles. The van der Waals surface area contributed by atoms with Crippen LogP contribution in [-0.4, -0.2) is 34.5 Å². The molecule has 6 heteroatoms. The van der Waals surface area contributed by atoms with E-state index < -0.39 is 24.3 Å². The number of hydrogen-bond donors (Lipinski definition) is 4. The van der Waals surface area contributed by atoms with Crippen LogP contribution in [0.4, 0.5) is 0 Å². The van der Waals surface area contributed by atoms with E-state index >= 15 is 0 Å². The lowest BCUT2D eigenvalue weighted by Gasteiger charge is -2.18. The van der Waals surface area contributed by atoms with Crippen LogP contribution >= 0.6 is 0 Å². The fourth-order valence-electron chi connectivity index (χ4n) is 0.574. The molecule has 6 nitrogen and oxygen atoms in total. The van der Waals surface area contributed by atoms with E-state index in [4.69, 9.17) is 10.2 Å². The molecule has 0 bridgehead atoms. The highest BCUT2D eigenvalue weighted by Gasteiger charge is 2.16. The molecule has 4 N–H and O–H groups in total. The van der Waals surface area contributed by atoms with E-state index in [-0.39, 0.29) is 0 Å². The van der Waals surface area contributed by atoms with Crippen LogP contribution in [0.1, 0.15) is 13.8 Å². The van der Waals surface area contributed by atoms with Crippen molar-refractivity contribution in [2.75, 3.05) is 0 Å². The van der Waals surface area contributed by atoms with Crippen molar-refractivity contribution in [3.63, 3.8) is 0 Å². The molecule has 0 rings (SSSR count). The maximum absolute atomic E-state index is 10.3.